The average molecular weight is 244 g/mol. The van der Waals surface area contributed by atoms with Crippen LogP contribution in [-0.2, 0) is 9.59 Å². The summed E-state index contributed by atoms with van der Waals surface area (Å²) in [7, 11) is 0. The fraction of sp³-hybridized carbons (Fsp3) is 0.846. The molecule has 4 heteroatoms. The van der Waals surface area contributed by atoms with E-state index in [-0.39, 0.29) is 18.4 Å². The van der Waals surface area contributed by atoms with Gasteiger partial charge in [-0.1, -0.05) is 34.6 Å². The Morgan fingerprint density at radius 3 is 1.88 bits per heavy atom. The average Bonchev–Trinajstić information content (AvgIpc) is 2.27. The highest BCUT2D eigenvalue weighted by Gasteiger charge is 2.26. The maximum atomic E-state index is 11.6. The molecule has 0 aromatic rings. The molecule has 0 aliphatic carbocycles. The highest BCUT2D eigenvalue weighted by molar-refractivity contribution is 5.82. The Morgan fingerprint density at radius 1 is 1.18 bits per heavy atom. The van der Waals surface area contributed by atoms with Gasteiger partial charge in [0, 0.05) is 12.5 Å². The smallest absolute Gasteiger partial charge is 0.224 e. The summed E-state index contributed by atoms with van der Waals surface area (Å²) < 4.78 is 0. The van der Waals surface area contributed by atoms with Gasteiger partial charge in [-0.2, -0.15) is 0 Å². The molecule has 0 aliphatic heterocycles. The summed E-state index contributed by atoms with van der Waals surface area (Å²) >= 11 is 0. The normalized spacial score (nSPS) is 12.5. The van der Waals surface area contributed by atoms with Crippen molar-refractivity contribution in [3.8, 4) is 0 Å². The Bertz CT molecular complexity index is 248. The maximum Gasteiger partial charge on any atom is 0.224 e. The van der Waals surface area contributed by atoms with Crippen molar-refractivity contribution in [2.45, 2.75) is 48.5 Å². The molecule has 0 aliphatic rings. The summed E-state index contributed by atoms with van der Waals surface area (Å²) in [6.45, 7) is 13.6. The molecule has 2 amide bonds. The summed E-state index contributed by atoms with van der Waals surface area (Å²) in [6.07, 6.45) is 0. The van der Waals surface area contributed by atoms with Crippen LogP contribution in [0, 0.1) is 17.3 Å². The third-order valence-electron chi connectivity index (χ3n) is 2.79. The van der Waals surface area contributed by atoms with Crippen LogP contribution in [0.25, 0.3) is 0 Å². The van der Waals surface area contributed by atoms with Crippen LogP contribution < -0.4 is 11.1 Å². The first kappa shape index (κ1) is 18.3. The molecule has 17 heavy (non-hydrogen) atoms. The molecule has 0 aromatic carbocycles. The number of nitrogens with one attached hydrogen (secondary N) is 1. The maximum absolute atomic E-state index is 11.6. The van der Waals surface area contributed by atoms with E-state index in [0.717, 1.165) is 0 Å². The summed E-state index contributed by atoms with van der Waals surface area (Å²) in [4.78, 5) is 22.6. The number of carbonyl (C=O) groups is 2. The number of nitrogens with two attached hydrogens (primary N) is 1. The van der Waals surface area contributed by atoms with Crippen LogP contribution in [0.5, 0.6) is 0 Å². The predicted molar refractivity (Wildman–Crippen MR) is 71.3 cm³/mol. The van der Waals surface area contributed by atoms with E-state index in [1.807, 2.05) is 34.6 Å². The number of hydrogen-bond donors (Lipinski definition) is 2. The molecule has 0 radical (unpaired) electrons. The van der Waals surface area contributed by atoms with Crippen LogP contribution in [0.2, 0.25) is 0 Å². The molecule has 0 bridgehead atoms. The van der Waals surface area contributed by atoms with E-state index in [4.69, 9.17) is 5.73 Å². The third-order valence-corrected chi connectivity index (χ3v) is 2.79. The minimum Gasteiger partial charge on any atom is -0.369 e. The molecule has 0 aromatic heterocycles. The lowest BCUT2D eigenvalue weighted by Crippen LogP contribution is -2.44. The largest absolute Gasteiger partial charge is 0.369 e. The van der Waals surface area contributed by atoms with Crippen LogP contribution in [0.1, 0.15) is 48.5 Å². The van der Waals surface area contributed by atoms with Gasteiger partial charge < -0.3 is 11.1 Å². The Hall–Kier alpha value is -1.06. The molecule has 0 fully saturated rings. The highest BCUT2D eigenvalue weighted by atomic mass is 16.2. The van der Waals surface area contributed by atoms with Crippen LogP contribution in [0.15, 0.2) is 0 Å². The van der Waals surface area contributed by atoms with Gasteiger partial charge in [-0.05, 0) is 19.8 Å². The van der Waals surface area contributed by atoms with E-state index < -0.39 is 11.3 Å². The Morgan fingerprint density at radius 2 is 1.59 bits per heavy atom. The fourth-order valence-corrected chi connectivity index (χ4v) is 0.859. The zero-order valence-corrected chi connectivity index (χ0v) is 12.3. The molecule has 4 nitrogen and oxygen atoms in total. The number of carbonyl (C=O) groups excluding carboxylic acids is 2. The number of amides is 2. The molecule has 0 spiro atoms. The molecule has 0 saturated heterocycles. The van der Waals surface area contributed by atoms with E-state index in [1.165, 1.54) is 0 Å². The topological polar surface area (TPSA) is 72.2 Å². The highest BCUT2D eigenvalue weighted by Crippen LogP contribution is 2.14. The monoisotopic (exact) mass is 244 g/mol. The predicted octanol–water partition coefficient (Wildman–Crippen LogP) is 1.93. The molecule has 1 unspecified atom stereocenters. The van der Waals surface area contributed by atoms with Gasteiger partial charge in [-0.25, -0.2) is 0 Å². The quantitative estimate of drug-likeness (QED) is 0.775. The SMILES string of the molecule is CC.CC(C)C(C)C(=O)NCC(C)(C)C(N)=O. The molecule has 0 rings (SSSR count). The standard InChI is InChI=1S/C11H22N2O2.C2H6/c1-7(2)8(3)9(14)13-6-11(4,5)10(12)15;1-2/h7-8H,6H2,1-5H3,(H2,12,15)(H,13,14);1-2H3. The first-order valence-electron chi connectivity index (χ1n) is 6.26. The van der Waals surface area contributed by atoms with E-state index in [2.05, 4.69) is 5.32 Å². The van der Waals surface area contributed by atoms with Crippen molar-refractivity contribution in [3.05, 3.63) is 0 Å². The number of primary amides is 1. The van der Waals surface area contributed by atoms with E-state index >= 15 is 0 Å². The van der Waals surface area contributed by atoms with Crippen molar-refractivity contribution >= 4 is 11.8 Å². The Labute approximate surface area is 105 Å². The van der Waals surface area contributed by atoms with Gasteiger partial charge in [-0.15, -0.1) is 0 Å². The van der Waals surface area contributed by atoms with Crippen LogP contribution in [0.4, 0.5) is 0 Å². The minimum atomic E-state index is -0.688. The number of rotatable bonds is 5. The van der Waals surface area contributed by atoms with Crippen molar-refractivity contribution in [1.29, 1.82) is 0 Å². The second kappa shape index (κ2) is 8.09. The Kier molecular flexibility index (Phi) is 8.72. The zero-order chi connectivity index (χ0) is 14.2. The molecular weight excluding hydrogens is 216 g/mol. The summed E-state index contributed by atoms with van der Waals surface area (Å²) in [5.41, 5.74) is 4.51. The molecule has 3 N–H and O–H groups in total. The van der Waals surface area contributed by atoms with Crippen molar-refractivity contribution in [1.82, 2.24) is 5.32 Å². The van der Waals surface area contributed by atoms with E-state index in [9.17, 15) is 9.59 Å². The lowest BCUT2D eigenvalue weighted by Gasteiger charge is -2.23. The second-order valence-electron chi connectivity index (χ2n) is 5.00. The molecule has 1 atom stereocenters. The molecule has 0 heterocycles. The molecular formula is C13H28N2O2. The zero-order valence-electron chi connectivity index (χ0n) is 12.3. The van der Waals surface area contributed by atoms with Gasteiger partial charge in [0.05, 0.1) is 5.41 Å². The van der Waals surface area contributed by atoms with Gasteiger partial charge >= 0.3 is 0 Å². The van der Waals surface area contributed by atoms with Gasteiger partial charge in [0.15, 0.2) is 0 Å². The van der Waals surface area contributed by atoms with Gasteiger partial charge in [0.2, 0.25) is 11.8 Å². The molecule has 0 saturated carbocycles. The van der Waals surface area contributed by atoms with Crippen LogP contribution in [0.3, 0.4) is 0 Å². The van der Waals surface area contributed by atoms with Crippen molar-refractivity contribution in [2.24, 2.45) is 23.0 Å². The lowest BCUT2D eigenvalue weighted by atomic mass is 9.91. The fourth-order valence-electron chi connectivity index (χ4n) is 0.859. The van der Waals surface area contributed by atoms with Crippen LogP contribution in [-0.4, -0.2) is 18.4 Å². The summed E-state index contributed by atoms with van der Waals surface area (Å²) in [6, 6.07) is 0. The lowest BCUT2D eigenvalue weighted by molar-refractivity contribution is -0.128. The minimum absolute atomic E-state index is 0.0284. The summed E-state index contributed by atoms with van der Waals surface area (Å²) in [5.74, 6) is -0.185. The molecule has 102 valence electrons. The third kappa shape index (κ3) is 6.97. The Balaban J connectivity index is 0. The van der Waals surface area contributed by atoms with Crippen molar-refractivity contribution < 1.29 is 9.59 Å². The van der Waals surface area contributed by atoms with E-state index in [1.54, 1.807) is 13.8 Å². The van der Waals surface area contributed by atoms with Gasteiger partial charge in [-0.3, -0.25) is 9.59 Å². The van der Waals surface area contributed by atoms with Gasteiger partial charge in [0.25, 0.3) is 0 Å². The van der Waals surface area contributed by atoms with Crippen LogP contribution >= 0.6 is 0 Å². The van der Waals surface area contributed by atoms with Gasteiger partial charge in [0.1, 0.15) is 0 Å². The first-order valence-corrected chi connectivity index (χ1v) is 6.26. The summed E-state index contributed by atoms with van der Waals surface area (Å²) in [5, 5.41) is 2.75. The van der Waals surface area contributed by atoms with Crippen molar-refractivity contribution in [2.75, 3.05) is 6.54 Å². The van der Waals surface area contributed by atoms with E-state index in [0.29, 0.717) is 5.92 Å². The van der Waals surface area contributed by atoms with Crippen molar-refractivity contribution in [3.63, 3.8) is 0 Å². The first-order chi connectivity index (χ1) is 7.68. The second-order valence-corrected chi connectivity index (χ2v) is 5.00. The number of hydrogen-bond acceptors (Lipinski definition) is 2.